The molecule has 0 radical (unpaired) electrons. The second kappa shape index (κ2) is 2.95. The molecule has 4 heteroatoms. The highest BCUT2D eigenvalue weighted by Gasteiger charge is 2.02. The van der Waals surface area contributed by atoms with E-state index in [1.165, 1.54) is 0 Å². The Labute approximate surface area is 74.0 Å². The summed E-state index contributed by atoms with van der Waals surface area (Å²) in [7, 11) is 0. The lowest BCUT2D eigenvalue weighted by Gasteiger charge is -1.90. The Kier molecular flexibility index (Phi) is 1.80. The van der Waals surface area contributed by atoms with Crippen LogP contribution in [-0.4, -0.2) is 10.1 Å². The summed E-state index contributed by atoms with van der Waals surface area (Å²) < 4.78 is 4.71. The van der Waals surface area contributed by atoms with Crippen molar-refractivity contribution in [3.8, 4) is 11.3 Å². The molecular formula is C8H5ClN2O. The molecule has 0 aromatic carbocycles. The molecule has 2 aromatic rings. The van der Waals surface area contributed by atoms with Gasteiger partial charge in [-0.25, -0.2) is 0 Å². The van der Waals surface area contributed by atoms with Crippen molar-refractivity contribution in [1.29, 1.82) is 0 Å². The third kappa shape index (κ3) is 1.31. The van der Waals surface area contributed by atoms with Gasteiger partial charge < -0.3 is 4.52 Å². The van der Waals surface area contributed by atoms with E-state index in [0.717, 1.165) is 5.56 Å². The molecule has 0 bridgehead atoms. The maximum atomic E-state index is 5.56. The third-order valence-electron chi connectivity index (χ3n) is 1.44. The fraction of sp³-hybridized carbons (Fsp3) is 0. The van der Waals surface area contributed by atoms with Gasteiger partial charge in [-0.05, 0) is 23.7 Å². The van der Waals surface area contributed by atoms with Gasteiger partial charge in [0.1, 0.15) is 5.69 Å². The number of nitrogens with zero attached hydrogens (tertiary/aromatic N) is 2. The maximum Gasteiger partial charge on any atom is 0.226 e. The summed E-state index contributed by atoms with van der Waals surface area (Å²) in [5, 5.41) is 4.03. The molecule has 0 atom stereocenters. The summed E-state index contributed by atoms with van der Waals surface area (Å²) in [4.78, 5) is 3.95. The molecule has 0 aliphatic heterocycles. The molecule has 0 aliphatic carbocycles. The quantitative estimate of drug-likeness (QED) is 0.677. The van der Waals surface area contributed by atoms with Crippen molar-refractivity contribution in [1.82, 2.24) is 10.1 Å². The first kappa shape index (κ1) is 7.31. The Balaban J connectivity index is 2.45. The van der Waals surface area contributed by atoms with Gasteiger partial charge in [0, 0.05) is 24.0 Å². The van der Waals surface area contributed by atoms with E-state index >= 15 is 0 Å². The van der Waals surface area contributed by atoms with E-state index in [0.29, 0.717) is 5.69 Å². The lowest BCUT2D eigenvalue weighted by Crippen LogP contribution is -1.76. The van der Waals surface area contributed by atoms with Gasteiger partial charge in [-0.1, -0.05) is 5.16 Å². The fourth-order valence-electron chi connectivity index (χ4n) is 0.903. The minimum atomic E-state index is 0.286. The van der Waals surface area contributed by atoms with Crippen LogP contribution in [0.25, 0.3) is 11.3 Å². The lowest BCUT2D eigenvalue weighted by molar-refractivity contribution is 0.424. The van der Waals surface area contributed by atoms with Crippen LogP contribution >= 0.6 is 11.6 Å². The van der Waals surface area contributed by atoms with Crippen molar-refractivity contribution in [2.45, 2.75) is 0 Å². The molecule has 12 heavy (non-hydrogen) atoms. The van der Waals surface area contributed by atoms with E-state index in [1.807, 2.05) is 12.1 Å². The van der Waals surface area contributed by atoms with Gasteiger partial charge in [0.2, 0.25) is 5.22 Å². The summed E-state index contributed by atoms with van der Waals surface area (Å²) >= 11 is 5.56. The van der Waals surface area contributed by atoms with Gasteiger partial charge in [0.25, 0.3) is 0 Å². The molecule has 0 fully saturated rings. The number of hydrogen-bond donors (Lipinski definition) is 0. The zero-order valence-corrected chi connectivity index (χ0v) is 6.82. The number of aromatic nitrogens is 2. The monoisotopic (exact) mass is 180 g/mol. The van der Waals surface area contributed by atoms with Crippen LogP contribution in [0.2, 0.25) is 5.22 Å². The molecule has 0 N–H and O–H groups in total. The van der Waals surface area contributed by atoms with Crippen molar-refractivity contribution in [2.24, 2.45) is 0 Å². The zero-order chi connectivity index (χ0) is 8.39. The zero-order valence-electron chi connectivity index (χ0n) is 6.07. The first-order valence-electron chi connectivity index (χ1n) is 3.39. The van der Waals surface area contributed by atoms with E-state index in [9.17, 15) is 0 Å². The first-order chi connectivity index (χ1) is 5.86. The molecule has 2 heterocycles. The molecule has 0 spiro atoms. The third-order valence-corrected chi connectivity index (χ3v) is 1.62. The maximum absolute atomic E-state index is 5.56. The van der Waals surface area contributed by atoms with Gasteiger partial charge in [0.15, 0.2) is 0 Å². The van der Waals surface area contributed by atoms with E-state index in [-0.39, 0.29) is 5.22 Å². The average molecular weight is 181 g/mol. The van der Waals surface area contributed by atoms with Crippen LogP contribution in [0.15, 0.2) is 35.1 Å². The summed E-state index contributed by atoms with van der Waals surface area (Å²) in [6, 6.07) is 5.37. The predicted octanol–water partition coefficient (Wildman–Crippen LogP) is 2.39. The topological polar surface area (TPSA) is 38.9 Å². The van der Waals surface area contributed by atoms with Crippen LogP contribution < -0.4 is 0 Å². The van der Waals surface area contributed by atoms with Crippen LogP contribution in [0, 0.1) is 0 Å². The van der Waals surface area contributed by atoms with Gasteiger partial charge in [0.05, 0.1) is 0 Å². The largest absolute Gasteiger partial charge is 0.344 e. The molecule has 0 amide bonds. The van der Waals surface area contributed by atoms with Crippen molar-refractivity contribution in [2.75, 3.05) is 0 Å². The summed E-state index contributed by atoms with van der Waals surface area (Å²) in [6.45, 7) is 0. The van der Waals surface area contributed by atoms with Gasteiger partial charge in [-0.3, -0.25) is 4.98 Å². The molecule has 2 aromatic heterocycles. The summed E-state index contributed by atoms with van der Waals surface area (Å²) in [5.41, 5.74) is 1.60. The van der Waals surface area contributed by atoms with Crippen molar-refractivity contribution < 1.29 is 4.52 Å². The van der Waals surface area contributed by atoms with E-state index in [2.05, 4.69) is 10.1 Å². The molecule has 0 saturated heterocycles. The van der Waals surface area contributed by atoms with Crippen molar-refractivity contribution in [3.63, 3.8) is 0 Å². The Morgan fingerprint density at radius 3 is 2.92 bits per heavy atom. The summed E-state index contributed by atoms with van der Waals surface area (Å²) in [5.74, 6) is 0. The smallest absolute Gasteiger partial charge is 0.226 e. The van der Waals surface area contributed by atoms with Crippen LogP contribution in [-0.2, 0) is 0 Å². The average Bonchev–Trinajstić information content (AvgIpc) is 2.54. The Morgan fingerprint density at radius 2 is 2.33 bits per heavy atom. The van der Waals surface area contributed by atoms with Crippen molar-refractivity contribution in [3.05, 3.63) is 35.8 Å². The molecular weight excluding hydrogens is 176 g/mol. The number of hydrogen-bond acceptors (Lipinski definition) is 3. The minimum Gasteiger partial charge on any atom is -0.344 e. The Morgan fingerprint density at radius 1 is 1.42 bits per heavy atom. The molecule has 2 rings (SSSR count). The van der Waals surface area contributed by atoms with E-state index in [1.54, 1.807) is 18.5 Å². The molecule has 3 nitrogen and oxygen atoms in total. The molecule has 60 valence electrons. The number of halogens is 1. The molecule has 0 unspecified atom stereocenters. The van der Waals surface area contributed by atoms with Crippen LogP contribution in [0.1, 0.15) is 0 Å². The second-order valence-electron chi connectivity index (χ2n) is 2.26. The van der Waals surface area contributed by atoms with Gasteiger partial charge >= 0.3 is 0 Å². The number of pyridine rings is 1. The van der Waals surface area contributed by atoms with Crippen LogP contribution in [0.5, 0.6) is 0 Å². The SMILES string of the molecule is Clc1cc(-c2cccnc2)no1. The van der Waals surface area contributed by atoms with Crippen molar-refractivity contribution >= 4 is 11.6 Å². The minimum absolute atomic E-state index is 0.286. The highest BCUT2D eigenvalue weighted by atomic mass is 35.5. The normalized spacial score (nSPS) is 10.1. The molecule has 0 aliphatic rings. The second-order valence-corrected chi connectivity index (χ2v) is 2.63. The van der Waals surface area contributed by atoms with E-state index < -0.39 is 0 Å². The predicted molar refractivity (Wildman–Crippen MR) is 44.7 cm³/mol. The standard InChI is InChI=1S/C8H5ClN2O/c9-8-4-7(11-12-8)6-2-1-3-10-5-6/h1-5H. The fourth-order valence-corrected chi connectivity index (χ4v) is 1.04. The van der Waals surface area contributed by atoms with E-state index in [4.69, 9.17) is 16.1 Å². The highest BCUT2D eigenvalue weighted by Crippen LogP contribution is 2.19. The van der Waals surface area contributed by atoms with Gasteiger partial charge in [-0.2, -0.15) is 0 Å². The lowest BCUT2D eigenvalue weighted by atomic mass is 10.2. The highest BCUT2D eigenvalue weighted by molar-refractivity contribution is 6.29. The summed E-state index contributed by atoms with van der Waals surface area (Å²) in [6.07, 6.45) is 3.40. The Bertz CT molecular complexity index is 372. The van der Waals surface area contributed by atoms with Gasteiger partial charge in [-0.15, -0.1) is 0 Å². The number of rotatable bonds is 1. The van der Waals surface area contributed by atoms with Crippen LogP contribution in [0.3, 0.4) is 0 Å². The van der Waals surface area contributed by atoms with Crippen LogP contribution in [0.4, 0.5) is 0 Å². The first-order valence-corrected chi connectivity index (χ1v) is 3.77. The molecule has 0 saturated carbocycles. The Hall–Kier alpha value is -1.35.